The molecule has 1 unspecified atom stereocenters. The van der Waals surface area contributed by atoms with Gasteiger partial charge in [0.15, 0.2) is 0 Å². The Labute approximate surface area is 94.2 Å². The Balaban J connectivity index is 2.66. The van der Waals surface area contributed by atoms with Gasteiger partial charge in [0.25, 0.3) is 0 Å². The number of nitrogens with two attached hydrogens (primary N) is 1. The highest BCUT2D eigenvalue weighted by Crippen LogP contribution is 2.12. The maximum absolute atomic E-state index is 11.7. The van der Waals surface area contributed by atoms with Crippen molar-refractivity contribution in [3.05, 3.63) is 35.0 Å². The van der Waals surface area contributed by atoms with Crippen LogP contribution in [0.2, 0.25) is 0 Å². The van der Waals surface area contributed by atoms with Crippen molar-refractivity contribution in [3.63, 3.8) is 0 Å². The first-order valence-electron chi connectivity index (χ1n) is 4.82. The second-order valence-corrected chi connectivity index (χ2v) is 4.41. The Morgan fingerprint density at radius 2 is 2.53 bits per heavy atom. The molecule has 1 amide bonds. The topological polar surface area (TPSA) is 46.3 Å². The second kappa shape index (κ2) is 5.68. The zero-order valence-electron chi connectivity index (χ0n) is 8.85. The van der Waals surface area contributed by atoms with Gasteiger partial charge in [-0.2, -0.15) is 0 Å². The highest BCUT2D eigenvalue weighted by atomic mass is 32.1. The summed E-state index contributed by atoms with van der Waals surface area (Å²) < 4.78 is 0. The van der Waals surface area contributed by atoms with E-state index in [4.69, 9.17) is 5.73 Å². The van der Waals surface area contributed by atoms with Crippen LogP contribution in [-0.2, 0) is 11.3 Å². The highest BCUT2D eigenvalue weighted by molar-refractivity contribution is 7.09. The predicted octanol–water partition coefficient (Wildman–Crippen LogP) is 1.61. The maximum Gasteiger partial charge on any atom is 0.239 e. The molecule has 0 aliphatic heterocycles. The number of carbonyl (C=O) groups excluding carboxylic acids is 1. The summed E-state index contributed by atoms with van der Waals surface area (Å²) in [5, 5.41) is 2.00. The molecule has 0 aromatic carbocycles. The van der Waals surface area contributed by atoms with Gasteiger partial charge in [-0.3, -0.25) is 4.79 Å². The molecule has 0 aliphatic rings. The summed E-state index contributed by atoms with van der Waals surface area (Å²) >= 11 is 1.64. The molecular formula is C11H16N2OS. The minimum absolute atomic E-state index is 0.0386. The van der Waals surface area contributed by atoms with Crippen LogP contribution < -0.4 is 5.73 Å². The van der Waals surface area contributed by atoms with E-state index in [2.05, 4.69) is 6.58 Å². The Hall–Kier alpha value is -1.13. The number of amides is 1. The Morgan fingerprint density at radius 3 is 3.00 bits per heavy atom. The third-order valence-corrected chi connectivity index (χ3v) is 2.84. The molecule has 15 heavy (non-hydrogen) atoms. The summed E-state index contributed by atoms with van der Waals surface area (Å²) in [4.78, 5) is 14.6. The lowest BCUT2D eigenvalue weighted by molar-refractivity contribution is -0.132. The first kappa shape index (κ1) is 11.9. The Bertz CT molecular complexity index is 319. The molecule has 0 radical (unpaired) electrons. The van der Waals surface area contributed by atoms with Crippen LogP contribution in [0, 0.1) is 0 Å². The van der Waals surface area contributed by atoms with Gasteiger partial charge in [0.1, 0.15) is 0 Å². The van der Waals surface area contributed by atoms with Gasteiger partial charge in [-0.25, -0.2) is 0 Å². The molecule has 0 saturated carbocycles. The number of nitrogens with zero attached hydrogens (tertiary/aromatic N) is 1. The number of carbonyl (C=O) groups is 1. The van der Waals surface area contributed by atoms with Crippen LogP contribution in [0.3, 0.4) is 0 Å². The predicted molar refractivity (Wildman–Crippen MR) is 63.6 cm³/mol. The lowest BCUT2D eigenvalue weighted by Gasteiger charge is -2.22. The summed E-state index contributed by atoms with van der Waals surface area (Å²) in [6, 6.07) is 3.53. The van der Waals surface area contributed by atoms with E-state index < -0.39 is 6.04 Å². The molecular weight excluding hydrogens is 208 g/mol. The highest BCUT2D eigenvalue weighted by Gasteiger charge is 2.16. The van der Waals surface area contributed by atoms with Crippen LogP contribution in [0.1, 0.15) is 11.8 Å². The number of hydrogen-bond donors (Lipinski definition) is 1. The molecule has 1 aromatic heterocycles. The molecule has 0 bridgehead atoms. The van der Waals surface area contributed by atoms with Gasteiger partial charge in [0, 0.05) is 11.4 Å². The molecule has 0 aliphatic carbocycles. The van der Waals surface area contributed by atoms with Crippen LogP contribution in [0.25, 0.3) is 0 Å². The first-order chi connectivity index (χ1) is 7.15. The monoisotopic (exact) mass is 224 g/mol. The Kier molecular flexibility index (Phi) is 4.52. The van der Waals surface area contributed by atoms with Crippen molar-refractivity contribution < 1.29 is 4.79 Å². The van der Waals surface area contributed by atoms with E-state index in [1.807, 2.05) is 17.5 Å². The second-order valence-electron chi connectivity index (χ2n) is 3.38. The minimum Gasteiger partial charge on any atom is -0.333 e. The average molecular weight is 224 g/mol. The van der Waals surface area contributed by atoms with E-state index in [0.717, 1.165) is 4.88 Å². The van der Waals surface area contributed by atoms with Crippen LogP contribution >= 0.6 is 11.3 Å². The summed E-state index contributed by atoms with van der Waals surface area (Å²) in [5.74, 6) is -0.0386. The average Bonchev–Trinajstić information content (AvgIpc) is 2.68. The fourth-order valence-electron chi connectivity index (χ4n) is 1.27. The molecule has 82 valence electrons. The van der Waals surface area contributed by atoms with E-state index in [1.54, 1.807) is 29.2 Å². The van der Waals surface area contributed by atoms with Crippen molar-refractivity contribution in [2.75, 3.05) is 6.54 Å². The van der Waals surface area contributed by atoms with E-state index in [9.17, 15) is 4.79 Å². The number of rotatable bonds is 5. The standard InChI is InChI=1S/C11H16N2OS/c1-3-6-13(11(14)9(2)12)8-10-5-4-7-15-10/h3-5,7,9H,1,6,8,12H2,2H3. The molecule has 0 spiro atoms. The molecule has 4 heteroatoms. The molecule has 1 aromatic rings. The van der Waals surface area contributed by atoms with Crippen molar-refractivity contribution in [2.24, 2.45) is 5.73 Å². The quantitative estimate of drug-likeness (QED) is 0.772. The minimum atomic E-state index is -0.454. The fraction of sp³-hybridized carbons (Fsp3) is 0.364. The summed E-state index contributed by atoms with van der Waals surface area (Å²) in [6.45, 7) is 6.50. The van der Waals surface area contributed by atoms with Gasteiger partial charge in [-0.1, -0.05) is 12.1 Å². The van der Waals surface area contributed by atoms with E-state index in [0.29, 0.717) is 13.1 Å². The van der Waals surface area contributed by atoms with Gasteiger partial charge in [0.2, 0.25) is 5.91 Å². The smallest absolute Gasteiger partial charge is 0.239 e. The van der Waals surface area contributed by atoms with Crippen molar-refractivity contribution >= 4 is 17.2 Å². The van der Waals surface area contributed by atoms with Gasteiger partial charge in [-0.05, 0) is 18.4 Å². The van der Waals surface area contributed by atoms with Crippen LogP contribution in [0.4, 0.5) is 0 Å². The lowest BCUT2D eigenvalue weighted by atomic mass is 10.3. The summed E-state index contributed by atoms with van der Waals surface area (Å²) in [6.07, 6.45) is 1.72. The normalized spacial score (nSPS) is 12.1. The van der Waals surface area contributed by atoms with Crippen molar-refractivity contribution in [3.8, 4) is 0 Å². The summed E-state index contributed by atoms with van der Waals surface area (Å²) in [5.41, 5.74) is 5.57. The Morgan fingerprint density at radius 1 is 1.80 bits per heavy atom. The van der Waals surface area contributed by atoms with Crippen LogP contribution in [0.5, 0.6) is 0 Å². The number of thiophene rings is 1. The van der Waals surface area contributed by atoms with Gasteiger partial charge < -0.3 is 10.6 Å². The third-order valence-electron chi connectivity index (χ3n) is 1.98. The molecule has 1 atom stereocenters. The van der Waals surface area contributed by atoms with Crippen LogP contribution in [-0.4, -0.2) is 23.4 Å². The maximum atomic E-state index is 11.7. The summed E-state index contributed by atoms with van der Waals surface area (Å²) in [7, 11) is 0. The molecule has 0 saturated heterocycles. The largest absolute Gasteiger partial charge is 0.333 e. The third kappa shape index (κ3) is 3.49. The van der Waals surface area contributed by atoms with Gasteiger partial charge in [-0.15, -0.1) is 17.9 Å². The first-order valence-corrected chi connectivity index (χ1v) is 5.70. The molecule has 1 heterocycles. The number of hydrogen-bond acceptors (Lipinski definition) is 3. The molecule has 0 fully saturated rings. The fourth-order valence-corrected chi connectivity index (χ4v) is 1.99. The van der Waals surface area contributed by atoms with Crippen molar-refractivity contribution in [1.29, 1.82) is 0 Å². The van der Waals surface area contributed by atoms with E-state index in [-0.39, 0.29) is 5.91 Å². The SMILES string of the molecule is C=CCN(Cc1cccs1)C(=O)C(C)N. The molecule has 3 nitrogen and oxygen atoms in total. The van der Waals surface area contributed by atoms with Crippen LogP contribution in [0.15, 0.2) is 30.2 Å². The van der Waals surface area contributed by atoms with E-state index in [1.165, 1.54) is 0 Å². The van der Waals surface area contributed by atoms with Crippen molar-refractivity contribution in [2.45, 2.75) is 19.5 Å². The molecule has 1 rings (SSSR count). The van der Waals surface area contributed by atoms with E-state index >= 15 is 0 Å². The zero-order chi connectivity index (χ0) is 11.3. The zero-order valence-corrected chi connectivity index (χ0v) is 9.67. The molecule has 2 N–H and O–H groups in total. The lowest BCUT2D eigenvalue weighted by Crippen LogP contribution is -2.41. The van der Waals surface area contributed by atoms with Gasteiger partial charge in [0.05, 0.1) is 12.6 Å². The van der Waals surface area contributed by atoms with Crippen molar-refractivity contribution in [1.82, 2.24) is 4.90 Å². The van der Waals surface area contributed by atoms with Gasteiger partial charge >= 0.3 is 0 Å².